The molecule has 2 N–H and O–H groups in total. The third-order valence-electron chi connectivity index (χ3n) is 4.72. The van der Waals surface area contributed by atoms with E-state index in [2.05, 4.69) is 64.8 Å². The highest BCUT2D eigenvalue weighted by Gasteiger charge is 2.14. The molecule has 2 aromatic carbocycles. The summed E-state index contributed by atoms with van der Waals surface area (Å²) in [5.74, 6) is 1.34. The first-order valence-electron chi connectivity index (χ1n) is 9.56. The molecular weight excluding hydrogens is 436 g/mol. The Morgan fingerprint density at radius 1 is 1.26 bits per heavy atom. The van der Waals surface area contributed by atoms with Crippen molar-refractivity contribution in [1.29, 1.82) is 0 Å². The minimum Gasteiger partial charge on any atom is -0.449 e. The molecule has 0 radical (unpaired) electrons. The summed E-state index contributed by atoms with van der Waals surface area (Å²) >= 11 is 8.15. The van der Waals surface area contributed by atoms with Crippen LogP contribution in [-0.2, 0) is 11.2 Å². The van der Waals surface area contributed by atoms with E-state index in [0.29, 0.717) is 11.0 Å². The monoisotopic (exact) mass is 456 g/mol. The Balaban J connectivity index is 1.52. The summed E-state index contributed by atoms with van der Waals surface area (Å²) in [7, 11) is 0. The molecule has 0 unspecified atom stereocenters. The first-order valence-corrected chi connectivity index (χ1v) is 10.9. The third-order valence-corrected chi connectivity index (χ3v) is 6.27. The van der Waals surface area contributed by atoms with Gasteiger partial charge in [0.05, 0.1) is 28.4 Å². The minimum atomic E-state index is -1.40. The Morgan fingerprint density at radius 2 is 2.00 bits per heavy atom. The molecule has 0 saturated heterocycles. The van der Waals surface area contributed by atoms with Gasteiger partial charge in [-0.2, -0.15) is 5.10 Å². The summed E-state index contributed by atoms with van der Waals surface area (Å²) in [6, 6.07) is 12.4. The number of hydrogen-bond donors (Lipinski definition) is 2. The zero-order chi connectivity index (χ0) is 22.2. The number of hydrogen-bond acceptors (Lipinski definition) is 5. The largest absolute Gasteiger partial charge is 0.511 e. The van der Waals surface area contributed by atoms with Crippen molar-refractivity contribution in [3.8, 4) is 11.7 Å². The molecule has 4 rings (SSSR count). The lowest BCUT2D eigenvalue weighted by atomic mass is 9.87. The molecule has 0 amide bonds. The summed E-state index contributed by atoms with van der Waals surface area (Å²) in [6.07, 6.45) is 1.34. The fourth-order valence-electron chi connectivity index (χ4n) is 3.05. The van der Waals surface area contributed by atoms with Crippen LogP contribution in [0.15, 0.2) is 53.7 Å². The quantitative estimate of drug-likeness (QED) is 0.280. The van der Waals surface area contributed by atoms with Crippen LogP contribution in [0.5, 0.6) is 5.75 Å². The molecule has 0 aliphatic carbocycles. The Bertz CT molecular complexity index is 1240. The predicted molar refractivity (Wildman–Crippen MR) is 122 cm³/mol. The molecule has 2 aromatic heterocycles. The first-order chi connectivity index (χ1) is 14.7. The predicted octanol–water partition coefficient (Wildman–Crippen LogP) is 6.05. The van der Waals surface area contributed by atoms with Gasteiger partial charge >= 0.3 is 6.16 Å². The van der Waals surface area contributed by atoms with Crippen LogP contribution in [0, 0.1) is 0 Å². The number of ether oxygens (including phenoxy) is 1. The lowest BCUT2D eigenvalue weighted by molar-refractivity contribution is 0.144. The molecule has 160 valence electrons. The van der Waals surface area contributed by atoms with E-state index in [9.17, 15) is 4.79 Å². The fourth-order valence-corrected chi connectivity index (χ4v) is 4.29. The average Bonchev–Trinajstić information content (AvgIpc) is 3.31. The molecule has 0 fully saturated rings. The van der Waals surface area contributed by atoms with E-state index in [-0.39, 0.29) is 11.2 Å². The van der Waals surface area contributed by atoms with Crippen molar-refractivity contribution in [2.24, 2.45) is 0 Å². The van der Waals surface area contributed by atoms with Gasteiger partial charge in [-0.25, -0.2) is 14.5 Å². The van der Waals surface area contributed by atoms with E-state index in [1.165, 1.54) is 28.2 Å². The number of H-pyrrole nitrogens is 1. The summed E-state index contributed by atoms with van der Waals surface area (Å²) in [5.41, 5.74) is 4.16. The molecule has 0 bridgehead atoms. The SMILES string of the molecule is CC(C)(C)c1ccc(CSc2cc3nc(-n4cc(OC(=O)O)cn4)[nH]c3cc2Cl)cc1. The van der Waals surface area contributed by atoms with Crippen LogP contribution < -0.4 is 4.74 Å². The third kappa shape index (κ3) is 4.86. The van der Waals surface area contributed by atoms with Gasteiger partial charge in [0.15, 0.2) is 5.75 Å². The van der Waals surface area contributed by atoms with E-state index < -0.39 is 6.16 Å². The van der Waals surface area contributed by atoms with Crippen molar-refractivity contribution >= 4 is 40.6 Å². The molecule has 2 heterocycles. The second-order valence-electron chi connectivity index (χ2n) is 8.08. The highest BCUT2D eigenvalue weighted by Crippen LogP contribution is 2.33. The Labute approximate surface area is 188 Å². The molecule has 7 nitrogen and oxygen atoms in total. The number of carbonyl (C=O) groups is 1. The maximum Gasteiger partial charge on any atom is 0.511 e. The topological polar surface area (TPSA) is 93.0 Å². The Kier molecular flexibility index (Phi) is 5.68. The van der Waals surface area contributed by atoms with Gasteiger partial charge in [-0.3, -0.25) is 0 Å². The van der Waals surface area contributed by atoms with Gasteiger partial charge in [0.2, 0.25) is 5.95 Å². The number of carboxylic acid groups (broad SMARTS) is 1. The van der Waals surface area contributed by atoms with Crippen molar-refractivity contribution in [2.75, 3.05) is 0 Å². The first kappa shape index (κ1) is 21.3. The van der Waals surface area contributed by atoms with Crippen molar-refractivity contribution in [2.45, 2.75) is 36.8 Å². The lowest BCUT2D eigenvalue weighted by Gasteiger charge is -2.19. The summed E-state index contributed by atoms with van der Waals surface area (Å²) < 4.78 is 6.01. The maximum atomic E-state index is 10.7. The van der Waals surface area contributed by atoms with Crippen LogP contribution in [0.2, 0.25) is 5.02 Å². The molecule has 0 spiro atoms. The second-order valence-corrected chi connectivity index (χ2v) is 9.51. The van der Waals surface area contributed by atoms with Crippen molar-refractivity contribution in [1.82, 2.24) is 19.7 Å². The van der Waals surface area contributed by atoms with Gasteiger partial charge in [-0.15, -0.1) is 11.8 Å². The van der Waals surface area contributed by atoms with Crippen molar-refractivity contribution in [3.05, 3.63) is 64.9 Å². The van der Waals surface area contributed by atoms with Crippen molar-refractivity contribution in [3.63, 3.8) is 0 Å². The second kappa shape index (κ2) is 8.28. The smallest absolute Gasteiger partial charge is 0.449 e. The standard InChI is InChI=1S/C22H21ClN4O3S/c1-22(2,3)14-6-4-13(5-7-14)12-31-19-9-18-17(8-16(19)23)25-20(26-18)27-11-15(10-24-27)30-21(28)29/h4-11H,12H2,1-3H3,(H,25,26)(H,28,29). The summed E-state index contributed by atoms with van der Waals surface area (Å²) in [4.78, 5) is 19.3. The van der Waals surface area contributed by atoms with Crippen LogP contribution in [0.4, 0.5) is 4.79 Å². The Hall–Kier alpha value is -2.97. The molecule has 0 saturated carbocycles. The molecule has 0 atom stereocenters. The van der Waals surface area contributed by atoms with E-state index in [1.807, 2.05) is 12.1 Å². The van der Waals surface area contributed by atoms with Crippen LogP contribution >= 0.6 is 23.4 Å². The highest BCUT2D eigenvalue weighted by molar-refractivity contribution is 7.98. The highest BCUT2D eigenvalue weighted by atomic mass is 35.5. The fraction of sp³-hybridized carbons (Fsp3) is 0.227. The number of nitrogens with one attached hydrogen (secondary N) is 1. The number of rotatable bonds is 5. The van der Waals surface area contributed by atoms with E-state index in [4.69, 9.17) is 16.7 Å². The molecule has 0 aliphatic heterocycles. The van der Waals surface area contributed by atoms with Gasteiger partial charge in [-0.05, 0) is 28.7 Å². The number of aromatic nitrogens is 4. The van der Waals surface area contributed by atoms with Crippen molar-refractivity contribution < 1.29 is 14.6 Å². The number of thioether (sulfide) groups is 1. The maximum absolute atomic E-state index is 10.7. The number of halogens is 1. The van der Waals surface area contributed by atoms with E-state index >= 15 is 0 Å². The van der Waals surface area contributed by atoms with Crippen LogP contribution in [-0.4, -0.2) is 31.0 Å². The lowest BCUT2D eigenvalue weighted by Crippen LogP contribution is -2.10. The van der Waals surface area contributed by atoms with E-state index in [0.717, 1.165) is 21.7 Å². The molecule has 31 heavy (non-hydrogen) atoms. The number of nitrogens with zero attached hydrogens (tertiary/aromatic N) is 3. The van der Waals surface area contributed by atoms with Crippen LogP contribution in [0.1, 0.15) is 31.9 Å². The van der Waals surface area contributed by atoms with Gasteiger partial charge in [-0.1, -0.05) is 56.6 Å². The zero-order valence-electron chi connectivity index (χ0n) is 17.2. The number of aromatic amines is 1. The molecule has 0 aliphatic rings. The summed E-state index contributed by atoms with van der Waals surface area (Å²) in [6.45, 7) is 6.60. The van der Waals surface area contributed by atoms with Crippen LogP contribution in [0.25, 0.3) is 17.0 Å². The van der Waals surface area contributed by atoms with Gasteiger partial charge in [0.25, 0.3) is 0 Å². The number of imidazole rings is 1. The zero-order valence-corrected chi connectivity index (χ0v) is 18.8. The normalized spacial score (nSPS) is 11.7. The Morgan fingerprint density at radius 3 is 2.68 bits per heavy atom. The van der Waals surface area contributed by atoms with Crippen LogP contribution in [0.3, 0.4) is 0 Å². The minimum absolute atomic E-state index is 0.111. The average molecular weight is 457 g/mol. The van der Waals surface area contributed by atoms with Gasteiger partial charge < -0.3 is 14.8 Å². The molecular formula is C22H21ClN4O3S. The number of benzene rings is 2. The molecule has 9 heteroatoms. The number of fused-ring (bicyclic) bond motifs is 1. The van der Waals surface area contributed by atoms with E-state index in [1.54, 1.807) is 11.8 Å². The van der Waals surface area contributed by atoms with Gasteiger partial charge in [0, 0.05) is 10.6 Å². The molecule has 4 aromatic rings. The summed E-state index contributed by atoms with van der Waals surface area (Å²) in [5, 5.41) is 13.4. The van der Waals surface area contributed by atoms with Gasteiger partial charge in [0.1, 0.15) is 0 Å².